The Morgan fingerprint density at radius 3 is 2.30 bits per heavy atom. The van der Waals surface area contributed by atoms with Crippen LogP contribution in [0, 0.1) is 5.92 Å². The summed E-state index contributed by atoms with van der Waals surface area (Å²) in [5, 5.41) is 3.46. The Labute approximate surface area is 221 Å². The lowest BCUT2D eigenvalue weighted by molar-refractivity contribution is -0.117. The summed E-state index contributed by atoms with van der Waals surface area (Å²) >= 11 is 5.98. The van der Waals surface area contributed by atoms with Gasteiger partial charge in [-0.05, 0) is 54.4 Å². The van der Waals surface area contributed by atoms with Crippen molar-refractivity contribution in [3.63, 3.8) is 0 Å². The molecular formula is C29H29ClN4O3. The van der Waals surface area contributed by atoms with E-state index >= 15 is 0 Å². The molecule has 3 aromatic carbocycles. The van der Waals surface area contributed by atoms with Crippen LogP contribution in [-0.4, -0.2) is 46.5 Å². The van der Waals surface area contributed by atoms with Crippen molar-refractivity contribution in [2.45, 2.75) is 13.8 Å². The number of aromatic nitrogens is 2. The first kappa shape index (κ1) is 26.0. The number of hydrogen-bond donors (Lipinski definition) is 1. The number of anilines is 1. The van der Waals surface area contributed by atoms with Gasteiger partial charge in [0, 0.05) is 34.6 Å². The summed E-state index contributed by atoms with van der Waals surface area (Å²) in [5.41, 5.74) is 2.92. The predicted molar refractivity (Wildman–Crippen MR) is 146 cm³/mol. The molecule has 0 radical (unpaired) electrons. The molecule has 190 valence electrons. The standard InChI is InChI=1S/C29H29ClN4O3/c1-20(2)17-33(28(36)22-9-11-23(30)12-10-22)19-27(35)32-29-31-26(21-7-5-4-6-8-21)18-34(29)24-13-15-25(37-3)16-14-24/h4-16,18,20H,17,19H2,1-3H3,(H,31,32,35). The first-order valence-electron chi connectivity index (χ1n) is 12.0. The number of rotatable bonds is 9. The molecule has 4 aromatic rings. The van der Waals surface area contributed by atoms with Crippen molar-refractivity contribution in [2.75, 3.05) is 25.5 Å². The number of carbonyl (C=O) groups excluding carboxylic acids is 2. The van der Waals surface area contributed by atoms with Crippen molar-refractivity contribution in [1.29, 1.82) is 0 Å². The highest BCUT2D eigenvalue weighted by atomic mass is 35.5. The number of amides is 2. The second-order valence-corrected chi connectivity index (χ2v) is 9.45. The lowest BCUT2D eigenvalue weighted by Crippen LogP contribution is -2.40. The van der Waals surface area contributed by atoms with Crippen LogP contribution in [0.15, 0.2) is 85.1 Å². The van der Waals surface area contributed by atoms with E-state index in [1.807, 2.05) is 79.2 Å². The second-order valence-electron chi connectivity index (χ2n) is 9.02. The van der Waals surface area contributed by atoms with Crippen molar-refractivity contribution < 1.29 is 14.3 Å². The number of carbonyl (C=O) groups is 2. The van der Waals surface area contributed by atoms with Crippen molar-refractivity contribution in [3.8, 4) is 22.7 Å². The maximum absolute atomic E-state index is 13.2. The van der Waals surface area contributed by atoms with Gasteiger partial charge in [0.1, 0.15) is 12.3 Å². The van der Waals surface area contributed by atoms with Gasteiger partial charge in [0.2, 0.25) is 11.9 Å². The van der Waals surface area contributed by atoms with Crippen LogP contribution in [0.1, 0.15) is 24.2 Å². The molecule has 0 fully saturated rings. The third-order valence-corrected chi connectivity index (χ3v) is 5.93. The minimum atomic E-state index is -0.345. The van der Waals surface area contributed by atoms with Gasteiger partial charge in [-0.25, -0.2) is 4.98 Å². The zero-order chi connectivity index (χ0) is 26.4. The number of benzene rings is 3. The average Bonchev–Trinajstić information content (AvgIpc) is 3.32. The summed E-state index contributed by atoms with van der Waals surface area (Å²) in [5.74, 6) is 0.683. The SMILES string of the molecule is COc1ccc(-n2cc(-c3ccccc3)nc2NC(=O)CN(CC(C)C)C(=O)c2ccc(Cl)cc2)cc1. The van der Waals surface area contributed by atoms with E-state index in [0.29, 0.717) is 28.8 Å². The fourth-order valence-electron chi connectivity index (χ4n) is 3.93. The zero-order valence-corrected chi connectivity index (χ0v) is 21.8. The fraction of sp³-hybridized carbons (Fsp3) is 0.207. The third kappa shape index (κ3) is 6.57. The minimum Gasteiger partial charge on any atom is -0.497 e. The molecule has 0 spiro atoms. The predicted octanol–water partition coefficient (Wildman–Crippen LogP) is 5.94. The van der Waals surface area contributed by atoms with Crippen LogP contribution < -0.4 is 10.1 Å². The molecule has 37 heavy (non-hydrogen) atoms. The first-order chi connectivity index (χ1) is 17.8. The number of methoxy groups -OCH3 is 1. The molecule has 8 heteroatoms. The molecule has 1 N–H and O–H groups in total. The summed E-state index contributed by atoms with van der Waals surface area (Å²) in [7, 11) is 1.61. The second kappa shape index (κ2) is 11.8. The van der Waals surface area contributed by atoms with Crippen molar-refractivity contribution in [3.05, 3.63) is 95.6 Å². The Kier molecular flexibility index (Phi) is 8.25. The quantitative estimate of drug-likeness (QED) is 0.299. The highest BCUT2D eigenvalue weighted by molar-refractivity contribution is 6.30. The Morgan fingerprint density at radius 1 is 1.00 bits per heavy atom. The molecule has 0 atom stereocenters. The van der Waals surface area contributed by atoms with Gasteiger partial charge in [-0.2, -0.15) is 0 Å². The van der Waals surface area contributed by atoms with Crippen LogP contribution in [0.2, 0.25) is 5.02 Å². The molecule has 2 amide bonds. The Morgan fingerprint density at radius 2 is 1.68 bits per heavy atom. The number of hydrogen-bond acceptors (Lipinski definition) is 4. The number of imidazole rings is 1. The number of nitrogens with one attached hydrogen (secondary N) is 1. The van der Waals surface area contributed by atoms with Gasteiger partial charge < -0.3 is 9.64 Å². The van der Waals surface area contributed by atoms with Gasteiger partial charge in [-0.3, -0.25) is 19.5 Å². The topological polar surface area (TPSA) is 76.5 Å². The van der Waals surface area contributed by atoms with Gasteiger partial charge in [-0.15, -0.1) is 0 Å². The van der Waals surface area contributed by atoms with E-state index in [0.717, 1.165) is 17.0 Å². The van der Waals surface area contributed by atoms with Gasteiger partial charge in [0.15, 0.2) is 0 Å². The number of halogens is 1. The van der Waals surface area contributed by atoms with Crippen LogP contribution in [0.5, 0.6) is 5.75 Å². The lowest BCUT2D eigenvalue weighted by Gasteiger charge is -2.24. The van der Waals surface area contributed by atoms with Crippen molar-refractivity contribution >= 4 is 29.4 Å². The first-order valence-corrected chi connectivity index (χ1v) is 12.4. The molecular weight excluding hydrogens is 488 g/mol. The highest BCUT2D eigenvalue weighted by Gasteiger charge is 2.22. The van der Waals surface area contributed by atoms with Crippen LogP contribution in [0.4, 0.5) is 5.95 Å². The van der Waals surface area contributed by atoms with Crippen LogP contribution in [0.25, 0.3) is 16.9 Å². The van der Waals surface area contributed by atoms with E-state index in [1.54, 1.807) is 36.3 Å². The molecule has 0 saturated heterocycles. The van der Waals surface area contributed by atoms with Crippen molar-refractivity contribution in [1.82, 2.24) is 14.5 Å². The molecule has 1 heterocycles. The molecule has 0 aliphatic carbocycles. The normalized spacial score (nSPS) is 10.8. The Hall–Kier alpha value is -4.10. The van der Waals surface area contributed by atoms with E-state index in [9.17, 15) is 9.59 Å². The van der Waals surface area contributed by atoms with Gasteiger partial charge >= 0.3 is 0 Å². The maximum atomic E-state index is 13.2. The molecule has 1 aromatic heterocycles. The van der Waals surface area contributed by atoms with E-state index in [2.05, 4.69) is 5.32 Å². The minimum absolute atomic E-state index is 0.115. The van der Waals surface area contributed by atoms with Crippen LogP contribution >= 0.6 is 11.6 Å². The average molecular weight is 517 g/mol. The largest absolute Gasteiger partial charge is 0.497 e. The highest BCUT2D eigenvalue weighted by Crippen LogP contribution is 2.25. The summed E-state index contributed by atoms with van der Waals surface area (Å²) in [4.78, 5) is 32.7. The molecule has 7 nitrogen and oxygen atoms in total. The monoisotopic (exact) mass is 516 g/mol. The molecule has 0 saturated carbocycles. The van der Waals surface area contributed by atoms with E-state index < -0.39 is 0 Å². The third-order valence-electron chi connectivity index (χ3n) is 5.68. The Balaban J connectivity index is 1.61. The summed E-state index contributed by atoms with van der Waals surface area (Å²) in [6, 6.07) is 23.9. The van der Waals surface area contributed by atoms with Crippen molar-refractivity contribution in [2.24, 2.45) is 5.92 Å². The van der Waals surface area contributed by atoms with Gasteiger partial charge in [-0.1, -0.05) is 55.8 Å². The summed E-state index contributed by atoms with van der Waals surface area (Å²) in [6.45, 7) is 4.32. The van der Waals surface area contributed by atoms with E-state index in [4.69, 9.17) is 21.3 Å². The van der Waals surface area contributed by atoms with Crippen LogP contribution in [-0.2, 0) is 4.79 Å². The fourth-order valence-corrected chi connectivity index (χ4v) is 4.05. The molecule has 0 bridgehead atoms. The van der Waals surface area contributed by atoms with Crippen LogP contribution in [0.3, 0.4) is 0 Å². The van der Waals surface area contributed by atoms with E-state index in [1.165, 1.54) is 0 Å². The van der Waals surface area contributed by atoms with E-state index in [-0.39, 0.29) is 24.3 Å². The molecule has 0 unspecified atom stereocenters. The molecule has 0 aliphatic heterocycles. The molecule has 4 rings (SSSR count). The molecule has 0 aliphatic rings. The summed E-state index contributed by atoms with van der Waals surface area (Å²) < 4.78 is 7.09. The zero-order valence-electron chi connectivity index (χ0n) is 21.0. The lowest BCUT2D eigenvalue weighted by atomic mass is 10.1. The maximum Gasteiger partial charge on any atom is 0.254 e. The summed E-state index contributed by atoms with van der Waals surface area (Å²) in [6.07, 6.45) is 1.87. The smallest absolute Gasteiger partial charge is 0.254 e. The van der Waals surface area contributed by atoms with Gasteiger partial charge in [0.05, 0.1) is 12.8 Å². The number of nitrogens with zero attached hydrogens (tertiary/aromatic N) is 3. The van der Waals surface area contributed by atoms with Gasteiger partial charge in [0.25, 0.3) is 5.91 Å². The Bertz CT molecular complexity index is 1350. The number of ether oxygens (including phenoxy) is 1.